The zero-order valence-corrected chi connectivity index (χ0v) is 39.8. The van der Waals surface area contributed by atoms with E-state index in [1.165, 1.54) is 12.1 Å². The molecule has 0 radical (unpaired) electrons. The highest BCUT2D eigenvalue weighted by molar-refractivity contribution is 6.41. The molecule has 0 aliphatic heterocycles. The standard InChI is InChI=1S/C51H35B2N3O23/c52-23-14(15-27(59)24(53)39(71)43(75)29(15)61)25(57)20(35(67)38(23)70)49-54-50(21-26(58)16(30(62)41(73)36(21)68)17-31(63)44(76)46(78)45(77)32(17)64)56-51(55-49)22-37(69)42(74)34(66)19-18-33(65)40(72)28(60)13(47(18)79-48(19)22)12-8-6-11(7-9-12)10-4-2-1-3-5-10/h1-9,57-78H,52-53H2. The summed E-state index contributed by atoms with van der Waals surface area (Å²) in [7, 11) is 2.07. The van der Waals surface area contributed by atoms with Gasteiger partial charge in [0, 0.05) is 5.56 Å². The second-order valence-corrected chi connectivity index (χ2v) is 17.7. The summed E-state index contributed by atoms with van der Waals surface area (Å²) in [6.45, 7) is 0. The second kappa shape index (κ2) is 17.4. The molecule has 0 aliphatic carbocycles. The third-order valence-corrected chi connectivity index (χ3v) is 13.4. The van der Waals surface area contributed by atoms with Crippen LogP contribution in [0.25, 0.3) is 101 Å². The molecule has 0 atom stereocenters. The van der Waals surface area contributed by atoms with Gasteiger partial charge >= 0.3 is 0 Å². The predicted molar refractivity (Wildman–Crippen MR) is 278 cm³/mol. The van der Waals surface area contributed by atoms with Gasteiger partial charge in [-0.15, -0.1) is 0 Å². The SMILES string of the molecule is Bc1c(O)c(O)c(O)c(-c2c(B)c(O)c(O)c(-c3nc(-c4c(O)c(O)c(O)c(-c5c(O)c(O)c(O)c(O)c5O)c4O)nc(-c4c(O)c(O)c(O)c5c4oc4c(-c6ccc(-c7ccccc7)cc6)c(O)c(O)c(O)c45)n3)c2O)c1O. The van der Waals surface area contributed by atoms with Crippen molar-refractivity contribution in [1.82, 2.24) is 15.0 Å². The first kappa shape index (κ1) is 50.8. The van der Waals surface area contributed by atoms with E-state index in [4.69, 9.17) is 4.42 Å². The van der Waals surface area contributed by atoms with E-state index >= 15 is 0 Å². The Kier molecular flexibility index (Phi) is 11.2. The van der Waals surface area contributed by atoms with Gasteiger partial charge in [-0.3, -0.25) is 0 Å². The van der Waals surface area contributed by atoms with Crippen LogP contribution in [0.2, 0.25) is 0 Å². The Balaban J connectivity index is 1.36. The fourth-order valence-electron chi connectivity index (χ4n) is 9.27. The van der Waals surface area contributed by atoms with Crippen molar-refractivity contribution in [3.05, 3.63) is 54.6 Å². The molecule has 0 aliphatic rings. The van der Waals surface area contributed by atoms with Gasteiger partial charge in [-0.1, -0.05) is 54.6 Å². The molecule has 8 aromatic carbocycles. The zero-order valence-electron chi connectivity index (χ0n) is 39.8. The Bertz CT molecular complexity index is 4150. The van der Waals surface area contributed by atoms with Crippen LogP contribution in [0.1, 0.15) is 0 Å². The van der Waals surface area contributed by atoms with E-state index in [2.05, 4.69) is 15.0 Å². The molecule has 2 aromatic heterocycles. The molecule has 0 saturated carbocycles. The molecular formula is C51H35B2N3O23. The average molecular weight is 1080 g/mol. The molecule has 0 bridgehead atoms. The van der Waals surface area contributed by atoms with E-state index in [1.807, 2.05) is 0 Å². The Morgan fingerprint density at radius 1 is 0.241 bits per heavy atom. The zero-order chi connectivity index (χ0) is 57.4. The van der Waals surface area contributed by atoms with Crippen LogP contribution in [0.4, 0.5) is 0 Å². The van der Waals surface area contributed by atoms with Gasteiger partial charge in [0.2, 0.25) is 40.2 Å². The first-order valence-electron chi connectivity index (χ1n) is 22.4. The molecule has 79 heavy (non-hydrogen) atoms. The molecule has 10 aromatic rings. The summed E-state index contributed by atoms with van der Waals surface area (Å²) >= 11 is 0. The van der Waals surface area contributed by atoms with Gasteiger partial charge in [0.1, 0.15) is 49.6 Å². The molecule has 10 rings (SSSR count). The quantitative estimate of drug-likeness (QED) is 0.0617. The molecule has 398 valence electrons. The van der Waals surface area contributed by atoms with Gasteiger partial charge < -0.3 is 117 Å². The van der Waals surface area contributed by atoms with Crippen LogP contribution in [0.3, 0.4) is 0 Å². The number of rotatable bonds is 7. The fourth-order valence-corrected chi connectivity index (χ4v) is 9.27. The van der Waals surface area contributed by atoms with Crippen LogP contribution < -0.4 is 10.9 Å². The number of furan rings is 1. The molecule has 0 spiro atoms. The van der Waals surface area contributed by atoms with Crippen LogP contribution in [0.5, 0.6) is 126 Å². The van der Waals surface area contributed by atoms with Crippen molar-refractivity contribution in [2.24, 2.45) is 0 Å². The van der Waals surface area contributed by atoms with Crippen LogP contribution in [-0.4, -0.2) is 143 Å². The summed E-state index contributed by atoms with van der Waals surface area (Å²) < 4.78 is 6.20. The lowest BCUT2D eigenvalue weighted by Gasteiger charge is -2.21. The van der Waals surface area contributed by atoms with Crippen molar-refractivity contribution < 1.29 is 117 Å². The number of benzene rings is 8. The van der Waals surface area contributed by atoms with Gasteiger partial charge in [0.05, 0.1) is 33.0 Å². The van der Waals surface area contributed by atoms with Crippen molar-refractivity contribution in [3.8, 4) is 205 Å². The maximum Gasteiger partial charge on any atom is 0.208 e. The van der Waals surface area contributed by atoms with Gasteiger partial charge in [-0.25, -0.2) is 15.0 Å². The molecule has 0 unspecified atom stereocenters. The molecule has 0 fully saturated rings. The highest BCUT2D eigenvalue weighted by Gasteiger charge is 2.38. The number of nitrogens with zero attached hydrogens (tertiary/aromatic N) is 3. The van der Waals surface area contributed by atoms with Crippen molar-refractivity contribution in [2.45, 2.75) is 0 Å². The van der Waals surface area contributed by atoms with E-state index in [0.29, 0.717) is 5.56 Å². The minimum absolute atomic E-state index is 0.0761. The van der Waals surface area contributed by atoms with Gasteiger partial charge in [-0.2, -0.15) is 0 Å². The van der Waals surface area contributed by atoms with E-state index in [0.717, 1.165) is 21.3 Å². The highest BCUT2D eigenvalue weighted by Crippen LogP contribution is 2.64. The Morgan fingerprint density at radius 2 is 0.544 bits per heavy atom. The first-order chi connectivity index (χ1) is 37.2. The summed E-state index contributed by atoms with van der Waals surface area (Å²) in [5.41, 5.74) is -9.57. The normalized spacial score (nSPS) is 11.5. The average Bonchev–Trinajstić information content (AvgIpc) is 4.10. The first-order valence-corrected chi connectivity index (χ1v) is 22.4. The number of hydrogen-bond donors (Lipinski definition) is 22. The number of aromatic hydroxyl groups is 22. The van der Waals surface area contributed by atoms with E-state index in [1.54, 1.807) is 42.5 Å². The smallest absolute Gasteiger partial charge is 0.208 e. The molecule has 2 heterocycles. The van der Waals surface area contributed by atoms with E-state index < -0.39 is 216 Å². The van der Waals surface area contributed by atoms with Crippen LogP contribution in [0, 0.1) is 0 Å². The Labute approximate surface area is 438 Å². The summed E-state index contributed by atoms with van der Waals surface area (Å²) in [5, 5.41) is 245. The van der Waals surface area contributed by atoms with Crippen molar-refractivity contribution in [1.29, 1.82) is 0 Å². The maximum atomic E-state index is 12.2. The number of aromatic nitrogens is 3. The monoisotopic (exact) mass is 1080 g/mol. The Hall–Kier alpha value is -11.7. The van der Waals surface area contributed by atoms with Crippen LogP contribution >= 0.6 is 0 Å². The van der Waals surface area contributed by atoms with Gasteiger partial charge in [-0.05, 0) is 27.6 Å². The van der Waals surface area contributed by atoms with E-state index in [9.17, 15) is 112 Å². The minimum Gasteiger partial charge on any atom is -0.508 e. The van der Waals surface area contributed by atoms with Gasteiger partial charge in [0.15, 0.2) is 97.6 Å². The number of phenols is 22. The largest absolute Gasteiger partial charge is 0.508 e. The number of hydrogen-bond acceptors (Lipinski definition) is 26. The third-order valence-electron chi connectivity index (χ3n) is 13.4. The second-order valence-electron chi connectivity index (χ2n) is 17.7. The van der Waals surface area contributed by atoms with Crippen molar-refractivity contribution in [2.75, 3.05) is 0 Å². The number of phenolic OH excluding ortho intramolecular Hbond substituents is 22. The summed E-state index contributed by atoms with van der Waals surface area (Å²) in [5.74, 6) is -34.4. The summed E-state index contributed by atoms with van der Waals surface area (Å²) in [4.78, 5) is 12.4. The lowest BCUT2D eigenvalue weighted by atomic mass is 9.80. The molecule has 0 saturated heterocycles. The predicted octanol–water partition coefficient (Wildman–Crippen LogP) is 3.48. The lowest BCUT2D eigenvalue weighted by molar-refractivity contribution is 0.329. The molecule has 28 heteroatoms. The highest BCUT2D eigenvalue weighted by atomic mass is 16.4. The van der Waals surface area contributed by atoms with Gasteiger partial charge in [0.25, 0.3) is 0 Å². The van der Waals surface area contributed by atoms with Crippen LogP contribution in [-0.2, 0) is 0 Å². The lowest BCUT2D eigenvalue weighted by Crippen LogP contribution is -2.13. The Morgan fingerprint density at radius 3 is 1.05 bits per heavy atom. The molecule has 22 N–H and O–H groups in total. The minimum atomic E-state index is -1.68. The van der Waals surface area contributed by atoms with Crippen molar-refractivity contribution in [3.63, 3.8) is 0 Å². The molecular weight excluding hydrogens is 1040 g/mol. The summed E-state index contributed by atoms with van der Waals surface area (Å²) in [6.07, 6.45) is 0. The summed E-state index contributed by atoms with van der Waals surface area (Å²) in [6, 6.07) is 15.1. The van der Waals surface area contributed by atoms with Crippen molar-refractivity contribution >= 4 is 48.6 Å². The topological polar surface area (TPSA) is 497 Å². The maximum absolute atomic E-state index is 12.2. The fraction of sp³-hybridized carbons (Fsp3) is 0. The van der Waals surface area contributed by atoms with E-state index in [-0.39, 0.29) is 11.1 Å². The molecule has 26 nitrogen and oxygen atoms in total. The molecule has 0 amide bonds. The third kappa shape index (κ3) is 6.97. The number of fused-ring (bicyclic) bond motifs is 3. The van der Waals surface area contributed by atoms with Crippen LogP contribution in [0.15, 0.2) is 59.0 Å².